The largest absolute Gasteiger partial charge is 0.352 e. The van der Waals surface area contributed by atoms with Crippen LogP contribution in [0.15, 0.2) is 60.8 Å². The maximum atomic E-state index is 13.9. The third-order valence-corrected chi connectivity index (χ3v) is 5.99. The molecule has 0 spiro atoms. The number of amides is 1. The molecule has 0 aliphatic carbocycles. The van der Waals surface area contributed by atoms with Crippen molar-refractivity contribution in [1.82, 2.24) is 19.8 Å². The molecule has 3 heterocycles. The summed E-state index contributed by atoms with van der Waals surface area (Å²) in [6.45, 7) is 2.44. The minimum absolute atomic E-state index is 0.123. The van der Waals surface area contributed by atoms with Gasteiger partial charge in [-0.15, -0.1) is 0 Å². The number of rotatable bonds is 6. The first-order valence-electron chi connectivity index (χ1n) is 10.1. The Morgan fingerprint density at radius 3 is 2.65 bits per heavy atom. The Morgan fingerprint density at radius 2 is 1.97 bits per heavy atom. The van der Waals surface area contributed by atoms with Gasteiger partial charge in [0.1, 0.15) is 5.82 Å². The van der Waals surface area contributed by atoms with Crippen LogP contribution in [0, 0.1) is 12.7 Å². The van der Waals surface area contributed by atoms with Crippen molar-refractivity contribution in [2.75, 3.05) is 11.9 Å². The summed E-state index contributed by atoms with van der Waals surface area (Å²) >= 11 is 5.63. The molecule has 1 amide bonds. The number of pyridine rings is 1. The molecule has 2 N–H and O–H groups in total. The molecule has 1 aliphatic heterocycles. The Hall–Kier alpha value is -3.26. The van der Waals surface area contributed by atoms with Crippen LogP contribution in [0.4, 0.5) is 10.1 Å². The Kier molecular flexibility index (Phi) is 5.99. The van der Waals surface area contributed by atoms with E-state index in [4.69, 9.17) is 12.2 Å². The first-order valence-corrected chi connectivity index (χ1v) is 10.5. The maximum absolute atomic E-state index is 13.9. The number of thiocarbonyl (C=S) groups is 1. The lowest BCUT2D eigenvalue weighted by Crippen LogP contribution is -2.33. The van der Waals surface area contributed by atoms with Crippen LogP contribution in [0.25, 0.3) is 0 Å². The van der Waals surface area contributed by atoms with E-state index < -0.39 is 5.82 Å². The Balaban J connectivity index is 1.56. The van der Waals surface area contributed by atoms with Crippen LogP contribution in [-0.4, -0.2) is 32.0 Å². The number of nitrogens with one attached hydrogen (secondary N) is 2. The summed E-state index contributed by atoms with van der Waals surface area (Å²) in [7, 11) is 2.02. The molecule has 0 saturated carbocycles. The van der Waals surface area contributed by atoms with E-state index in [0.717, 1.165) is 17.1 Å². The first kappa shape index (κ1) is 21.0. The van der Waals surface area contributed by atoms with Crippen molar-refractivity contribution in [3.05, 3.63) is 83.7 Å². The van der Waals surface area contributed by atoms with Gasteiger partial charge in [0, 0.05) is 37.6 Å². The summed E-state index contributed by atoms with van der Waals surface area (Å²) in [5.74, 6) is -0.724. The van der Waals surface area contributed by atoms with Gasteiger partial charge in [-0.25, -0.2) is 4.39 Å². The molecule has 0 bridgehead atoms. The second kappa shape index (κ2) is 8.85. The summed E-state index contributed by atoms with van der Waals surface area (Å²) in [6, 6.07) is 15.8. The third kappa shape index (κ3) is 4.29. The van der Waals surface area contributed by atoms with Crippen LogP contribution < -0.4 is 10.6 Å². The molecule has 1 aliphatic rings. The number of hydrogen-bond acceptors (Lipinski definition) is 3. The first-order chi connectivity index (χ1) is 15.0. The molecule has 0 unspecified atom stereocenters. The van der Waals surface area contributed by atoms with Gasteiger partial charge in [-0.3, -0.25) is 9.78 Å². The van der Waals surface area contributed by atoms with Gasteiger partial charge in [0.25, 0.3) is 0 Å². The van der Waals surface area contributed by atoms with E-state index in [2.05, 4.69) is 32.3 Å². The standard InChI is InChI=1S/C23H24FN5OS/c1-15-10-11-19(28(15)2)22-21(18-9-5-6-13-25-18)27-23(31)29(22)14-12-20(30)26-17-8-4-3-7-16(17)24/h3-11,13,21-22H,12,14H2,1-2H3,(H,26,30)(H,27,31)/t21-,22+/m0/s1. The SMILES string of the molecule is Cc1ccc([C@@H]2[C@H](c3ccccn3)NC(=S)N2CCC(=O)Nc2ccccc2F)n1C. The summed E-state index contributed by atoms with van der Waals surface area (Å²) < 4.78 is 16.0. The average molecular weight is 438 g/mol. The van der Waals surface area contributed by atoms with Crippen LogP contribution >= 0.6 is 12.2 Å². The number of carbonyl (C=O) groups excluding carboxylic acids is 1. The molecule has 0 radical (unpaired) electrons. The number of aryl methyl sites for hydroxylation is 1. The van der Waals surface area contributed by atoms with E-state index in [1.54, 1.807) is 24.4 Å². The van der Waals surface area contributed by atoms with Crippen LogP contribution in [0.5, 0.6) is 0 Å². The average Bonchev–Trinajstić information content (AvgIpc) is 3.27. The van der Waals surface area contributed by atoms with E-state index in [9.17, 15) is 9.18 Å². The van der Waals surface area contributed by atoms with E-state index >= 15 is 0 Å². The second-order valence-corrected chi connectivity index (χ2v) is 7.94. The molecular weight excluding hydrogens is 413 g/mol. The van der Waals surface area contributed by atoms with Crippen molar-refractivity contribution in [1.29, 1.82) is 0 Å². The quantitative estimate of drug-likeness (QED) is 0.574. The highest BCUT2D eigenvalue weighted by molar-refractivity contribution is 7.80. The van der Waals surface area contributed by atoms with Gasteiger partial charge in [-0.1, -0.05) is 18.2 Å². The Bertz CT molecular complexity index is 1100. The normalized spacial score (nSPS) is 18.2. The fraction of sp³-hybridized carbons (Fsp3) is 0.261. The molecule has 160 valence electrons. The second-order valence-electron chi connectivity index (χ2n) is 7.56. The minimum atomic E-state index is -0.457. The zero-order chi connectivity index (χ0) is 22.0. The molecule has 1 fully saturated rings. The van der Waals surface area contributed by atoms with Crippen molar-refractivity contribution >= 4 is 28.9 Å². The topological polar surface area (TPSA) is 62.2 Å². The van der Waals surface area contributed by atoms with Gasteiger partial charge in [0.15, 0.2) is 5.11 Å². The molecule has 3 aromatic rings. The molecule has 2 atom stereocenters. The Morgan fingerprint density at radius 1 is 1.19 bits per heavy atom. The molecule has 1 aromatic carbocycles. The summed E-state index contributed by atoms with van der Waals surface area (Å²) in [5, 5.41) is 6.59. The highest BCUT2D eigenvalue weighted by Crippen LogP contribution is 2.39. The van der Waals surface area contributed by atoms with Gasteiger partial charge in [-0.2, -0.15) is 0 Å². The molecule has 4 rings (SSSR count). The highest BCUT2D eigenvalue weighted by atomic mass is 32.1. The summed E-state index contributed by atoms with van der Waals surface area (Å²) in [4.78, 5) is 19.0. The zero-order valence-electron chi connectivity index (χ0n) is 17.4. The number of benzene rings is 1. The fourth-order valence-electron chi connectivity index (χ4n) is 3.90. The third-order valence-electron chi connectivity index (χ3n) is 5.64. The molecule has 1 saturated heterocycles. The summed E-state index contributed by atoms with van der Waals surface area (Å²) in [6.07, 6.45) is 1.93. The predicted octanol–water partition coefficient (Wildman–Crippen LogP) is 3.87. The molecule has 6 nitrogen and oxygen atoms in total. The van der Waals surface area contributed by atoms with Gasteiger partial charge >= 0.3 is 0 Å². The van der Waals surface area contributed by atoms with Crippen LogP contribution in [0.3, 0.4) is 0 Å². The van der Waals surface area contributed by atoms with E-state index in [1.165, 1.54) is 6.07 Å². The van der Waals surface area contributed by atoms with Crippen molar-refractivity contribution in [3.63, 3.8) is 0 Å². The number of hydrogen-bond donors (Lipinski definition) is 2. The van der Waals surface area contributed by atoms with E-state index in [-0.39, 0.29) is 30.1 Å². The predicted molar refractivity (Wildman–Crippen MR) is 122 cm³/mol. The lowest BCUT2D eigenvalue weighted by Gasteiger charge is -2.28. The van der Waals surface area contributed by atoms with Crippen molar-refractivity contribution in [2.24, 2.45) is 7.05 Å². The van der Waals surface area contributed by atoms with Crippen molar-refractivity contribution < 1.29 is 9.18 Å². The maximum Gasteiger partial charge on any atom is 0.226 e. The van der Waals surface area contributed by atoms with Crippen molar-refractivity contribution in [2.45, 2.75) is 25.4 Å². The van der Waals surface area contributed by atoms with Crippen LogP contribution in [0.1, 0.15) is 35.6 Å². The number of halogens is 1. The highest BCUT2D eigenvalue weighted by Gasteiger charge is 2.41. The van der Waals surface area contributed by atoms with E-state index in [0.29, 0.717) is 11.7 Å². The Labute approximate surface area is 186 Å². The monoisotopic (exact) mass is 437 g/mol. The summed E-state index contributed by atoms with van der Waals surface area (Å²) in [5.41, 5.74) is 3.27. The molecule has 2 aromatic heterocycles. The number of aromatic nitrogens is 2. The van der Waals surface area contributed by atoms with Crippen LogP contribution in [-0.2, 0) is 11.8 Å². The lowest BCUT2D eigenvalue weighted by molar-refractivity contribution is -0.116. The zero-order valence-corrected chi connectivity index (χ0v) is 18.2. The van der Waals surface area contributed by atoms with Gasteiger partial charge in [-0.05, 0) is 55.5 Å². The molecule has 31 heavy (non-hydrogen) atoms. The molecule has 8 heteroatoms. The van der Waals surface area contributed by atoms with Gasteiger partial charge in [0.2, 0.25) is 5.91 Å². The number of anilines is 1. The smallest absolute Gasteiger partial charge is 0.226 e. The number of nitrogens with zero attached hydrogens (tertiary/aromatic N) is 3. The van der Waals surface area contributed by atoms with Crippen LogP contribution in [0.2, 0.25) is 0 Å². The number of para-hydroxylation sites is 1. The minimum Gasteiger partial charge on any atom is -0.352 e. The van der Waals surface area contributed by atoms with Crippen molar-refractivity contribution in [3.8, 4) is 0 Å². The fourth-order valence-corrected chi connectivity index (χ4v) is 4.23. The number of carbonyl (C=O) groups is 1. The van der Waals surface area contributed by atoms with E-state index in [1.807, 2.05) is 37.1 Å². The molecular formula is C23H24FN5OS. The van der Waals surface area contributed by atoms with Gasteiger partial charge in [0.05, 0.1) is 23.5 Å². The van der Waals surface area contributed by atoms with Gasteiger partial charge < -0.3 is 20.1 Å². The lowest BCUT2D eigenvalue weighted by atomic mass is 10.0.